The smallest absolute Gasteiger partial charge is 0.354 e. The highest BCUT2D eigenvalue weighted by Gasteiger charge is 2.30. The maximum Gasteiger partial charge on any atom is 0.416 e. The predicted molar refractivity (Wildman–Crippen MR) is 167 cm³/mol. The van der Waals surface area contributed by atoms with Gasteiger partial charge in [-0.2, -0.15) is 13.2 Å². The maximum atomic E-state index is 13.2. The molecule has 0 aliphatic heterocycles. The van der Waals surface area contributed by atoms with Crippen LogP contribution in [0, 0.1) is 0 Å². The van der Waals surface area contributed by atoms with Gasteiger partial charge in [0.05, 0.1) is 11.1 Å². The second kappa shape index (κ2) is 13.4. The number of carbonyl (C=O) groups is 3. The SMILES string of the molecule is CCCNC(=O)[C@@H](NC(=O)c1ccc2nc(NC(=O)c3ccccc3-c3ccc(C(F)(F)F)cc3)ccc2c1)c1ccccc1. The number of anilines is 1. The third-order valence-electron chi connectivity index (χ3n) is 7.11. The number of hydrogen-bond acceptors (Lipinski definition) is 4. The molecule has 7 nitrogen and oxygen atoms in total. The Bertz CT molecular complexity index is 1840. The Morgan fingerprint density at radius 3 is 2.22 bits per heavy atom. The third kappa shape index (κ3) is 7.35. The number of rotatable bonds is 9. The van der Waals surface area contributed by atoms with Gasteiger partial charge in [-0.25, -0.2) is 4.98 Å². The van der Waals surface area contributed by atoms with Crippen LogP contribution in [0.1, 0.15) is 51.2 Å². The van der Waals surface area contributed by atoms with Gasteiger partial charge in [-0.1, -0.05) is 67.6 Å². The molecule has 3 N–H and O–H groups in total. The zero-order valence-corrected chi connectivity index (χ0v) is 24.2. The molecular formula is C35H29F3N4O3. The Labute approximate surface area is 257 Å². The molecule has 5 rings (SSSR count). The van der Waals surface area contributed by atoms with E-state index in [4.69, 9.17) is 0 Å². The van der Waals surface area contributed by atoms with Crippen LogP contribution in [0.2, 0.25) is 0 Å². The first-order chi connectivity index (χ1) is 21.6. The van der Waals surface area contributed by atoms with Crippen LogP contribution in [0.15, 0.2) is 109 Å². The van der Waals surface area contributed by atoms with Crippen molar-refractivity contribution in [2.45, 2.75) is 25.6 Å². The highest BCUT2D eigenvalue weighted by molar-refractivity contribution is 6.09. The molecule has 4 aromatic carbocycles. The first-order valence-electron chi connectivity index (χ1n) is 14.3. The summed E-state index contributed by atoms with van der Waals surface area (Å²) in [5.74, 6) is -0.973. The van der Waals surface area contributed by atoms with Crippen molar-refractivity contribution in [3.8, 4) is 11.1 Å². The quantitative estimate of drug-likeness (QED) is 0.165. The van der Waals surface area contributed by atoms with Gasteiger partial charge in [0.25, 0.3) is 11.8 Å². The van der Waals surface area contributed by atoms with Gasteiger partial charge < -0.3 is 16.0 Å². The molecule has 5 aromatic rings. The van der Waals surface area contributed by atoms with Gasteiger partial charge in [-0.15, -0.1) is 0 Å². The topological polar surface area (TPSA) is 100 Å². The number of aromatic nitrogens is 1. The van der Waals surface area contributed by atoms with Crippen molar-refractivity contribution in [2.24, 2.45) is 0 Å². The minimum absolute atomic E-state index is 0.253. The second-order valence-electron chi connectivity index (χ2n) is 10.3. The first kappa shape index (κ1) is 30.9. The van der Waals surface area contributed by atoms with Crippen molar-refractivity contribution in [1.82, 2.24) is 15.6 Å². The molecule has 3 amide bonds. The average Bonchev–Trinajstić information content (AvgIpc) is 3.05. The first-order valence-corrected chi connectivity index (χ1v) is 14.3. The summed E-state index contributed by atoms with van der Waals surface area (Å²) in [5.41, 5.74) is 1.92. The summed E-state index contributed by atoms with van der Waals surface area (Å²) in [4.78, 5) is 43.8. The largest absolute Gasteiger partial charge is 0.416 e. The van der Waals surface area contributed by atoms with Crippen molar-refractivity contribution in [3.05, 3.63) is 131 Å². The summed E-state index contributed by atoms with van der Waals surface area (Å²) in [6, 6.07) is 27.5. The molecule has 0 saturated carbocycles. The fraction of sp³-hybridized carbons (Fsp3) is 0.143. The Hall–Kier alpha value is -5.51. The maximum absolute atomic E-state index is 13.2. The highest BCUT2D eigenvalue weighted by Crippen LogP contribution is 2.32. The zero-order chi connectivity index (χ0) is 32.0. The average molecular weight is 611 g/mol. The molecule has 0 aliphatic rings. The summed E-state index contributed by atoms with van der Waals surface area (Å²) in [6.07, 6.45) is -3.70. The van der Waals surface area contributed by atoms with E-state index in [0.717, 1.165) is 18.6 Å². The van der Waals surface area contributed by atoms with Gasteiger partial charge in [0.1, 0.15) is 11.9 Å². The fourth-order valence-electron chi connectivity index (χ4n) is 4.80. The second-order valence-corrected chi connectivity index (χ2v) is 10.3. The fourth-order valence-corrected chi connectivity index (χ4v) is 4.80. The molecule has 228 valence electrons. The number of carbonyl (C=O) groups excluding carboxylic acids is 3. The van der Waals surface area contributed by atoms with E-state index in [2.05, 4.69) is 20.9 Å². The lowest BCUT2D eigenvalue weighted by Gasteiger charge is -2.19. The molecule has 0 aliphatic carbocycles. The van der Waals surface area contributed by atoms with Crippen LogP contribution in [0.4, 0.5) is 19.0 Å². The monoisotopic (exact) mass is 610 g/mol. The van der Waals surface area contributed by atoms with Crippen LogP contribution in [0.5, 0.6) is 0 Å². The molecule has 0 saturated heterocycles. The van der Waals surface area contributed by atoms with Crippen molar-refractivity contribution < 1.29 is 27.6 Å². The Balaban J connectivity index is 1.33. The summed E-state index contributed by atoms with van der Waals surface area (Å²) in [5, 5.41) is 9.05. The highest BCUT2D eigenvalue weighted by atomic mass is 19.4. The minimum Gasteiger partial charge on any atom is -0.354 e. The van der Waals surface area contributed by atoms with Gasteiger partial charge in [0.2, 0.25) is 5.91 Å². The molecule has 1 aromatic heterocycles. The molecule has 10 heteroatoms. The van der Waals surface area contributed by atoms with Gasteiger partial charge in [-0.3, -0.25) is 14.4 Å². The Kier molecular flexibility index (Phi) is 9.22. The number of benzene rings is 4. The van der Waals surface area contributed by atoms with Gasteiger partial charge in [0.15, 0.2) is 0 Å². The number of nitrogens with one attached hydrogen (secondary N) is 3. The normalized spacial score (nSPS) is 11.9. The van der Waals surface area contributed by atoms with Crippen molar-refractivity contribution >= 4 is 34.4 Å². The number of pyridine rings is 1. The van der Waals surface area contributed by atoms with E-state index in [1.54, 1.807) is 78.9 Å². The number of alkyl halides is 3. The molecule has 1 heterocycles. The standard InChI is InChI=1S/C35H29F3N4O3/c1-2-20-39-34(45)31(23-8-4-3-5-9-23)42-32(43)25-14-18-29-24(21-25)15-19-30(40-29)41-33(44)28-11-7-6-10-27(28)22-12-16-26(17-13-22)35(36,37)38/h3-19,21,31H,2,20H2,1H3,(H,39,45)(H,42,43)(H,40,41,44)/t31-/m0/s1. The van der Waals surface area contributed by atoms with Crippen LogP contribution in [0.3, 0.4) is 0 Å². The molecule has 0 unspecified atom stereocenters. The predicted octanol–water partition coefficient (Wildman–Crippen LogP) is 7.17. The van der Waals surface area contributed by atoms with E-state index in [1.807, 2.05) is 13.0 Å². The zero-order valence-electron chi connectivity index (χ0n) is 24.2. The van der Waals surface area contributed by atoms with Crippen LogP contribution in [-0.4, -0.2) is 29.3 Å². The summed E-state index contributed by atoms with van der Waals surface area (Å²) >= 11 is 0. The summed E-state index contributed by atoms with van der Waals surface area (Å²) < 4.78 is 39.1. The summed E-state index contributed by atoms with van der Waals surface area (Å²) in [6.45, 7) is 2.43. The number of halogens is 3. The third-order valence-corrected chi connectivity index (χ3v) is 7.11. The molecular weight excluding hydrogens is 581 g/mol. The minimum atomic E-state index is -4.46. The molecule has 1 atom stereocenters. The van der Waals surface area contributed by atoms with E-state index in [0.29, 0.717) is 39.7 Å². The number of fused-ring (bicyclic) bond motifs is 1. The van der Waals surface area contributed by atoms with Crippen LogP contribution >= 0.6 is 0 Å². The lowest BCUT2D eigenvalue weighted by molar-refractivity contribution is -0.137. The van der Waals surface area contributed by atoms with Crippen molar-refractivity contribution in [3.63, 3.8) is 0 Å². The number of nitrogens with zero attached hydrogens (tertiary/aromatic N) is 1. The van der Waals surface area contributed by atoms with Crippen molar-refractivity contribution in [2.75, 3.05) is 11.9 Å². The van der Waals surface area contributed by atoms with Crippen LogP contribution < -0.4 is 16.0 Å². The summed E-state index contributed by atoms with van der Waals surface area (Å²) in [7, 11) is 0. The lowest BCUT2D eigenvalue weighted by Crippen LogP contribution is -2.40. The van der Waals surface area contributed by atoms with E-state index in [9.17, 15) is 27.6 Å². The van der Waals surface area contributed by atoms with Crippen molar-refractivity contribution in [1.29, 1.82) is 0 Å². The van der Waals surface area contributed by atoms with E-state index >= 15 is 0 Å². The molecule has 0 radical (unpaired) electrons. The van der Waals surface area contributed by atoms with Gasteiger partial charge >= 0.3 is 6.18 Å². The molecule has 0 fully saturated rings. The van der Waals surface area contributed by atoms with Crippen LogP contribution in [-0.2, 0) is 11.0 Å². The molecule has 45 heavy (non-hydrogen) atoms. The van der Waals surface area contributed by atoms with Gasteiger partial charge in [-0.05, 0) is 71.6 Å². The lowest BCUT2D eigenvalue weighted by atomic mass is 9.98. The van der Waals surface area contributed by atoms with Gasteiger partial charge in [0, 0.05) is 23.1 Å². The molecule has 0 bridgehead atoms. The Morgan fingerprint density at radius 2 is 1.51 bits per heavy atom. The van der Waals surface area contributed by atoms with E-state index in [1.165, 1.54) is 12.1 Å². The van der Waals surface area contributed by atoms with E-state index in [-0.39, 0.29) is 17.3 Å². The number of amides is 3. The number of hydrogen-bond donors (Lipinski definition) is 3. The van der Waals surface area contributed by atoms with Crippen LogP contribution in [0.25, 0.3) is 22.0 Å². The Morgan fingerprint density at radius 1 is 0.800 bits per heavy atom. The molecule has 0 spiro atoms. The van der Waals surface area contributed by atoms with E-state index < -0.39 is 29.6 Å².